The van der Waals surface area contributed by atoms with Crippen LogP contribution in [0.3, 0.4) is 0 Å². The van der Waals surface area contributed by atoms with Crippen molar-refractivity contribution in [2.75, 3.05) is 5.32 Å². The van der Waals surface area contributed by atoms with Crippen LogP contribution in [0.4, 0.5) is 5.69 Å². The number of hydrogen-bond acceptors (Lipinski definition) is 2. The van der Waals surface area contributed by atoms with E-state index in [0.717, 1.165) is 36.8 Å². The molecule has 1 aliphatic carbocycles. The highest BCUT2D eigenvalue weighted by atomic mass is 35.6. The van der Waals surface area contributed by atoms with E-state index in [9.17, 15) is 9.59 Å². The average Bonchev–Trinajstić information content (AvgIpc) is 2.36. The maximum absolute atomic E-state index is 11.8. The molecule has 0 radical (unpaired) electrons. The third-order valence-electron chi connectivity index (χ3n) is 3.37. The van der Waals surface area contributed by atoms with E-state index in [-0.39, 0.29) is 5.78 Å². The Balaban J connectivity index is 2.40. The maximum atomic E-state index is 11.8. The van der Waals surface area contributed by atoms with Crippen LogP contribution in [-0.2, 0) is 17.6 Å². The maximum Gasteiger partial charge on any atom is 0.276 e. The van der Waals surface area contributed by atoms with Gasteiger partial charge in [-0.2, -0.15) is 0 Å². The van der Waals surface area contributed by atoms with Gasteiger partial charge in [-0.15, -0.1) is 0 Å². The summed E-state index contributed by atoms with van der Waals surface area (Å²) in [5.41, 5.74) is 3.16. The predicted octanol–water partition coefficient (Wildman–Crippen LogP) is 4.08. The standard InChI is InChI=1S/C14H14Cl3NO2/c1-8(19)11-6-9-4-2-3-5-10(9)7-12(11)18-13(20)14(15,16)17/h6-7H,2-5H2,1H3,(H,18,20). The zero-order chi connectivity index (χ0) is 14.9. The van der Waals surface area contributed by atoms with Crippen molar-refractivity contribution in [2.45, 2.75) is 36.4 Å². The number of carbonyl (C=O) groups is 2. The van der Waals surface area contributed by atoms with Crippen molar-refractivity contribution < 1.29 is 9.59 Å². The van der Waals surface area contributed by atoms with E-state index < -0.39 is 9.70 Å². The van der Waals surface area contributed by atoms with Crippen LogP contribution >= 0.6 is 34.8 Å². The van der Waals surface area contributed by atoms with Crippen molar-refractivity contribution in [3.8, 4) is 0 Å². The van der Waals surface area contributed by atoms with Crippen molar-refractivity contribution in [1.29, 1.82) is 0 Å². The number of alkyl halides is 3. The molecule has 20 heavy (non-hydrogen) atoms. The highest BCUT2D eigenvalue weighted by Gasteiger charge is 2.31. The number of anilines is 1. The number of amides is 1. The van der Waals surface area contributed by atoms with Crippen molar-refractivity contribution in [2.24, 2.45) is 0 Å². The number of nitrogens with one attached hydrogen (secondary N) is 1. The highest BCUT2D eigenvalue weighted by Crippen LogP contribution is 2.31. The Labute approximate surface area is 132 Å². The molecule has 0 unspecified atom stereocenters. The first-order chi connectivity index (χ1) is 9.29. The molecule has 1 aromatic rings. The minimum atomic E-state index is -2.05. The summed E-state index contributed by atoms with van der Waals surface area (Å²) in [6.07, 6.45) is 4.10. The summed E-state index contributed by atoms with van der Waals surface area (Å²) in [5.74, 6) is -0.890. The largest absolute Gasteiger partial charge is 0.322 e. The topological polar surface area (TPSA) is 46.2 Å². The smallest absolute Gasteiger partial charge is 0.276 e. The van der Waals surface area contributed by atoms with Gasteiger partial charge in [-0.1, -0.05) is 34.8 Å². The molecule has 0 heterocycles. The summed E-state index contributed by atoms with van der Waals surface area (Å²) < 4.78 is -2.05. The summed E-state index contributed by atoms with van der Waals surface area (Å²) in [7, 11) is 0. The first kappa shape index (κ1) is 15.6. The second-order valence-corrected chi connectivity index (χ2v) is 7.16. The Morgan fingerprint density at radius 3 is 2.15 bits per heavy atom. The molecule has 0 atom stereocenters. The van der Waals surface area contributed by atoms with Crippen LogP contribution in [0.1, 0.15) is 41.3 Å². The van der Waals surface area contributed by atoms with Gasteiger partial charge in [0, 0.05) is 5.56 Å². The van der Waals surface area contributed by atoms with E-state index in [1.807, 2.05) is 12.1 Å². The molecule has 108 valence electrons. The Bertz CT molecular complexity index is 564. The minimum absolute atomic E-state index is 0.127. The molecule has 0 bridgehead atoms. The van der Waals surface area contributed by atoms with E-state index in [4.69, 9.17) is 34.8 Å². The lowest BCUT2D eigenvalue weighted by molar-refractivity contribution is -0.115. The van der Waals surface area contributed by atoms with Crippen molar-refractivity contribution in [1.82, 2.24) is 0 Å². The number of rotatable bonds is 2. The third-order valence-corrected chi connectivity index (χ3v) is 3.88. The monoisotopic (exact) mass is 333 g/mol. The van der Waals surface area contributed by atoms with Crippen molar-refractivity contribution >= 4 is 52.2 Å². The molecule has 2 rings (SSSR count). The lowest BCUT2D eigenvalue weighted by Crippen LogP contribution is -2.28. The molecule has 1 aromatic carbocycles. The molecule has 0 fully saturated rings. The molecular formula is C14H14Cl3NO2. The van der Waals surface area contributed by atoms with Crippen LogP contribution in [0.25, 0.3) is 0 Å². The van der Waals surface area contributed by atoms with Gasteiger partial charge in [-0.25, -0.2) is 0 Å². The molecule has 6 heteroatoms. The molecule has 3 nitrogen and oxygen atoms in total. The molecule has 1 aliphatic rings. The number of Topliss-reactive ketones (excluding diaryl/α,β-unsaturated/α-hetero) is 1. The predicted molar refractivity (Wildman–Crippen MR) is 82.0 cm³/mol. The van der Waals surface area contributed by atoms with E-state index in [0.29, 0.717) is 11.3 Å². The number of fused-ring (bicyclic) bond motifs is 1. The van der Waals surface area contributed by atoms with Crippen LogP contribution in [0.2, 0.25) is 0 Å². The molecule has 0 saturated carbocycles. The number of aryl methyl sites for hydroxylation is 2. The van der Waals surface area contributed by atoms with Gasteiger partial charge < -0.3 is 5.32 Å². The third kappa shape index (κ3) is 3.46. The van der Waals surface area contributed by atoms with Crippen LogP contribution in [-0.4, -0.2) is 15.5 Å². The van der Waals surface area contributed by atoms with E-state index >= 15 is 0 Å². The molecule has 1 N–H and O–H groups in total. The fourth-order valence-electron chi connectivity index (χ4n) is 2.37. The summed E-state index contributed by atoms with van der Waals surface area (Å²) in [6.45, 7) is 1.45. The summed E-state index contributed by atoms with van der Waals surface area (Å²) in [4.78, 5) is 23.5. The second-order valence-electron chi connectivity index (χ2n) is 4.88. The van der Waals surface area contributed by atoms with Crippen LogP contribution in [0, 0.1) is 0 Å². The van der Waals surface area contributed by atoms with Gasteiger partial charge in [0.2, 0.25) is 0 Å². The number of hydrogen-bond donors (Lipinski definition) is 1. The molecule has 0 spiro atoms. The molecule has 0 aliphatic heterocycles. The lowest BCUT2D eigenvalue weighted by Gasteiger charge is -2.20. The Morgan fingerprint density at radius 2 is 1.65 bits per heavy atom. The van der Waals surface area contributed by atoms with Crippen LogP contribution in [0.15, 0.2) is 12.1 Å². The highest BCUT2D eigenvalue weighted by molar-refractivity contribution is 6.76. The Morgan fingerprint density at radius 1 is 1.10 bits per heavy atom. The van der Waals surface area contributed by atoms with Crippen LogP contribution < -0.4 is 5.32 Å². The number of halogens is 3. The van der Waals surface area contributed by atoms with Gasteiger partial charge >= 0.3 is 0 Å². The minimum Gasteiger partial charge on any atom is -0.322 e. The quantitative estimate of drug-likeness (QED) is 0.654. The fraction of sp³-hybridized carbons (Fsp3) is 0.429. The van der Waals surface area contributed by atoms with Crippen molar-refractivity contribution in [3.05, 3.63) is 28.8 Å². The molecule has 0 saturated heterocycles. The zero-order valence-electron chi connectivity index (χ0n) is 10.9. The number of ketones is 1. The van der Waals surface area contributed by atoms with Gasteiger partial charge in [0.05, 0.1) is 5.69 Å². The van der Waals surface area contributed by atoms with E-state index in [1.54, 1.807) is 0 Å². The Kier molecular flexibility index (Phi) is 4.62. The normalized spacial score (nSPS) is 14.6. The van der Waals surface area contributed by atoms with Gasteiger partial charge in [0.1, 0.15) is 0 Å². The summed E-state index contributed by atoms with van der Waals surface area (Å²) in [5, 5.41) is 2.53. The SMILES string of the molecule is CC(=O)c1cc2c(cc1NC(=O)C(Cl)(Cl)Cl)CCCC2. The molecule has 0 aromatic heterocycles. The second kappa shape index (κ2) is 5.92. The lowest BCUT2D eigenvalue weighted by atomic mass is 9.89. The summed E-state index contributed by atoms with van der Waals surface area (Å²) >= 11 is 16.6. The van der Waals surface area contributed by atoms with Gasteiger partial charge in [-0.05, 0) is 55.9 Å². The van der Waals surface area contributed by atoms with Gasteiger partial charge in [0.15, 0.2) is 5.78 Å². The fourth-order valence-corrected chi connectivity index (χ4v) is 2.52. The van der Waals surface area contributed by atoms with Gasteiger partial charge in [0.25, 0.3) is 9.70 Å². The average molecular weight is 335 g/mol. The zero-order valence-corrected chi connectivity index (χ0v) is 13.2. The Hall–Kier alpha value is -0.770. The first-order valence-corrected chi connectivity index (χ1v) is 7.47. The van der Waals surface area contributed by atoms with Crippen LogP contribution in [0.5, 0.6) is 0 Å². The summed E-state index contributed by atoms with van der Waals surface area (Å²) in [6, 6.07) is 3.66. The molecule has 1 amide bonds. The van der Waals surface area contributed by atoms with Gasteiger partial charge in [-0.3, -0.25) is 9.59 Å². The first-order valence-electron chi connectivity index (χ1n) is 6.34. The van der Waals surface area contributed by atoms with E-state index in [1.165, 1.54) is 6.92 Å². The number of carbonyl (C=O) groups excluding carboxylic acids is 2. The number of benzene rings is 1. The van der Waals surface area contributed by atoms with E-state index in [2.05, 4.69) is 5.32 Å². The van der Waals surface area contributed by atoms with Crippen molar-refractivity contribution in [3.63, 3.8) is 0 Å². The molecular weight excluding hydrogens is 321 g/mol.